The van der Waals surface area contributed by atoms with Crippen LogP contribution in [0.3, 0.4) is 0 Å². The van der Waals surface area contributed by atoms with Gasteiger partial charge in [-0.25, -0.2) is 4.98 Å². The van der Waals surface area contributed by atoms with E-state index in [0.29, 0.717) is 23.2 Å². The van der Waals surface area contributed by atoms with Crippen molar-refractivity contribution in [3.8, 4) is 11.6 Å². The lowest BCUT2D eigenvalue weighted by molar-refractivity contribution is 0.461. The van der Waals surface area contributed by atoms with E-state index in [1.807, 2.05) is 12.1 Å². The average molecular weight is 235 g/mol. The SMILES string of the molecule is NCc1cccc(Oc2ccc(Cl)cc2)n1. The average Bonchev–Trinajstić information content (AvgIpc) is 2.32. The second-order valence-electron chi connectivity index (χ2n) is 3.23. The van der Waals surface area contributed by atoms with E-state index in [1.165, 1.54) is 0 Å². The predicted molar refractivity (Wildman–Crippen MR) is 63.7 cm³/mol. The van der Waals surface area contributed by atoms with Crippen molar-refractivity contribution < 1.29 is 4.74 Å². The van der Waals surface area contributed by atoms with E-state index in [4.69, 9.17) is 22.1 Å². The van der Waals surface area contributed by atoms with E-state index in [9.17, 15) is 0 Å². The molecule has 16 heavy (non-hydrogen) atoms. The van der Waals surface area contributed by atoms with Crippen molar-refractivity contribution in [2.75, 3.05) is 0 Å². The smallest absolute Gasteiger partial charge is 0.219 e. The third-order valence-electron chi connectivity index (χ3n) is 2.03. The molecule has 3 nitrogen and oxygen atoms in total. The monoisotopic (exact) mass is 234 g/mol. The lowest BCUT2D eigenvalue weighted by Crippen LogP contribution is -1.99. The Hall–Kier alpha value is -1.58. The number of ether oxygens (including phenoxy) is 1. The summed E-state index contributed by atoms with van der Waals surface area (Å²) in [6, 6.07) is 12.6. The van der Waals surface area contributed by atoms with Crippen LogP contribution in [0.4, 0.5) is 0 Å². The van der Waals surface area contributed by atoms with Crippen LogP contribution in [0.1, 0.15) is 5.69 Å². The van der Waals surface area contributed by atoms with E-state index < -0.39 is 0 Å². The van der Waals surface area contributed by atoms with Gasteiger partial charge in [0.25, 0.3) is 0 Å². The summed E-state index contributed by atoms with van der Waals surface area (Å²) < 4.78 is 5.55. The first-order chi connectivity index (χ1) is 7.78. The molecule has 0 saturated carbocycles. The van der Waals surface area contributed by atoms with Crippen molar-refractivity contribution in [3.05, 3.63) is 53.2 Å². The maximum absolute atomic E-state index is 5.77. The van der Waals surface area contributed by atoms with Crippen molar-refractivity contribution in [3.63, 3.8) is 0 Å². The molecule has 1 aromatic carbocycles. The molecule has 0 saturated heterocycles. The minimum Gasteiger partial charge on any atom is -0.439 e. The van der Waals surface area contributed by atoms with Gasteiger partial charge < -0.3 is 10.5 Å². The summed E-state index contributed by atoms with van der Waals surface area (Å²) in [7, 11) is 0. The van der Waals surface area contributed by atoms with Crippen LogP contribution in [0.25, 0.3) is 0 Å². The number of nitrogens with two attached hydrogens (primary N) is 1. The molecule has 0 amide bonds. The number of hydrogen-bond donors (Lipinski definition) is 1. The molecule has 0 aliphatic carbocycles. The molecule has 4 heteroatoms. The number of hydrogen-bond acceptors (Lipinski definition) is 3. The number of rotatable bonds is 3. The molecule has 2 rings (SSSR count). The topological polar surface area (TPSA) is 48.1 Å². The van der Waals surface area contributed by atoms with Crippen LogP contribution in [-0.2, 0) is 6.54 Å². The van der Waals surface area contributed by atoms with Gasteiger partial charge in [0, 0.05) is 17.6 Å². The minimum absolute atomic E-state index is 0.401. The highest BCUT2D eigenvalue weighted by atomic mass is 35.5. The van der Waals surface area contributed by atoms with Gasteiger partial charge in [-0.05, 0) is 30.3 Å². The fourth-order valence-electron chi connectivity index (χ4n) is 1.25. The maximum atomic E-state index is 5.77. The van der Waals surface area contributed by atoms with Crippen molar-refractivity contribution in [2.45, 2.75) is 6.54 Å². The van der Waals surface area contributed by atoms with Crippen LogP contribution in [0, 0.1) is 0 Å². The van der Waals surface area contributed by atoms with Gasteiger partial charge in [-0.1, -0.05) is 17.7 Å². The molecule has 0 radical (unpaired) electrons. The first-order valence-electron chi connectivity index (χ1n) is 4.87. The zero-order valence-electron chi connectivity index (χ0n) is 8.56. The molecule has 0 aliphatic rings. The largest absolute Gasteiger partial charge is 0.439 e. The lowest BCUT2D eigenvalue weighted by Gasteiger charge is -2.05. The molecule has 0 spiro atoms. The quantitative estimate of drug-likeness (QED) is 0.888. The second kappa shape index (κ2) is 4.96. The fraction of sp³-hybridized carbons (Fsp3) is 0.0833. The maximum Gasteiger partial charge on any atom is 0.219 e. The van der Waals surface area contributed by atoms with Gasteiger partial charge in [0.1, 0.15) is 5.75 Å². The van der Waals surface area contributed by atoms with Crippen LogP contribution >= 0.6 is 11.6 Å². The summed E-state index contributed by atoms with van der Waals surface area (Å²) in [6.45, 7) is 0.401. The molecular weight excluding hydrogens is 224 g/mol. The molecule has 0 unspecified atom stereocenters. The van der Waals surface area contributed by atoms with Crippen LogP contribution < -0.4 is 10.5 Å². The molecule has 0 aliphatic heterocycles. The highest BCUT2D eigenvalue weighted by molar-refractivity contribution is 6.30. The Labute approximate surface area is 98.8 Å². The zero-order valence-corrected chi connectivity index (χ0v) is 9.32. The molecule has 1 heterocycles. The second-order valence-corrected chi connectivity index (χ2v) is 3.66. The van der Waals surface area contributed by atoms with Crippen molar-refractivity contribution in [2.24, 2.45) is 5.73 Å². The molecule has 0 atom stereocenters. The number of pyridine rings is 1. The highest BCUT2D eigenvalue weighted by Crippen LogP contribution is 2.21. The van der Waals surface area contributed by atoms with Gasteiger partial charge >= 0.3 is 0 Å². The summed E-state index contributed by atoms with van der Waals surface area (Å²) in [5.74, 6) is 1.23. The summed E-state index contributed by atoms with van der Waals surface area (Å²) in [6.07, 6.45) is 0. The summed E-state index contributed by atoms with van der Waals surface area (Å²) in [5.41, 5.74) is 6.29. The van der Waals surface area contributed by atoms with Crippen LogP contribution in [0.5, 0.6) is 11.6 Å². The number of aromatic nitrogens is 1. The first kappa shape index (κ1) is 10.9. The number of halogens is 1. The zero-order chi connectivity index (χ0) is 11.4. The van der Waals surface area contributed by atoms with Crippen LogP contribution in [0.2, 0.25) is 5.02 Å². The molecule has 0 fully saturated rings. The fourth-order valence-corrected chi connectivity index (χ4v) is 1.38. The van der Waals surface area contributed by atoms with E-state index in [1.54, 1.807) is 30.3 Å². The van der Waals surface area contributed by atoms with Crippen LogP contribution in [-0.4, -0.2) is 4.98 Å². The Bertz CT molecular complexity index is 471. The molecule has 1 aromatic heterocycles. The normalized spacial score (nSPS) is 10.1. The van der Waals surface area contributed by atoms with Gasteiger partial charge in [0.2, 0.25) is 5.88 Å². The van der Waals surface area contributed by atoms with Crippen molar-refractivity contribution in [1.82, 2.24) is 4.98 Å². The molecule has 2 N–H and O–H groups in total. The van der Waals surface area contributed by atoms with E-state index in [0.717, 1.165) is 5.69 Å². The van der Waals surface area contributed by atoms with Gasteiger partial charge in [0.15, 0.2) is 0 Å². The Morgan fingerprint density at radius 2 is 1.88 bits per heavy atom. The number of benzene rings is 1. The minimum atomic E-state index is 0.401. The van der Waals surface area contributed by atoms with E-state index >= 15 is 0 Å². The van der Waals surface area contributed by atoms with Gasteiger partial charge in [-0.3, -0.25) is 0 Å². The Kier molecular flexibility index (Phi) is 3.39. The van der Waals surface area contributed by atoms with Gasteiger partial charge in [-0.15, -0.1) is 0 Å². The Morgan fingerprint density at radius 3 is 2.56 bits per heavy atom. The van der Waals surface area contributed by atoms with E-state index in [-0.39, 0.29) is 0 Å². The Balaban J connectivity index is 2.16. The molecule has 82 valence electrons. The van der Waals surface area contributed by atoms with E-state index in [2.05, 4.69) is 4.98 Å². The van der Waals surface area contributed by atoms with Crippen molar-refractivity contribution >= 4 is 11.6 Å². The summed E-state index contributed by atoms with van der Waals surface area (Å²) in [4.78, 5) is 4.23. The predicted octanol–water partition coefficient (Wildman–Crippen LogP) is 2.99. The van der Waals surface area contributed by atoms with Gasteiger partial charge in [0.05, 0.1) is 5.69 Å². The first-order valence-corrected chi connectivity index (χ1v) is 5.25. The van der Waals surface area contributed by atoms with Crippen LogP contribution in [0.15, 0.2) is 42.5 Å². The number of nitrogens with zero attached hydrogens (tertiary/aromatic N) is 1. The molecular formula is C12H11ClN2O. The third-order valence-corrected chi connectivity index (χ3v) is 2.28. The standard InChI is InChI=1S/C12H11ClN2O/c13-9-4-6-11(7-5-9)16-12-3-1-2-10(8-14)15-12/h1-7H,8,14H2. The van der Waals surface area contributed by atoms with Crippen molar-refractivity contribution in [1.29, 1.82) is 0 Å². The lowest BCUT2D eigenvalue weighted by atomic mass is 10.3. The highest BCUT2D eigenvalue weighted by Gasteiger charge is 1.99. The summed E-state index contributed by atoms with van der Waals surface area (Å²) >= 11 is 5.77. The summed E-state index contributed by atoms with van der Waals surface area (Å²) in [5, 5.41) is 0.677. The third kappa shape index (κ3) is 2.72. The van der Waals surface area contributed by atoms with Gasteiger partial charge in [-0.2, -0.15) is 0 Å². The molecule has 2 aromatic rings. The Morgan fingerprint density at radius 1 is 1.12 bits per heavy atom. The molecule has 0 bridgehead atoms.